The van der Waals surface area contributed by atoms with Crippen LogP contribution in [0.3, 0.4) is 0 Å². The second kappa shape index (κ2) is 8.02. The first kappa shape index (κ1) is 23.0. The van der Waals surface area contributed by atoms with Gasteiger partial charge in [0.15, 0.2) is 5.78 Å². The number of aromatic amines is 2. The van der Waals surface area contributed by atoms with Gasteiger partial charge >= 0.3 is 0 Å². The lowest BCUT2D eigenvalue weighted by Crippen LogP contribution is -2.28. The molecule has 1 fully saturated rings. The lowest BCUT2D eigenvalue weighted by atomic mass is 9.80. The smallest absolute Gasteiger partial charge is 0.252 e. The molecule has 1 atom stereocenters. The molecule has 8 rings (SSSR count). The summed E-state index contributed by atoms with van der Waals surface area (Å²) < 4.78 is 17.3. The molecule has 0 amide bonds. The number of pyridine rings is 1. The molecule has 4 heterocycles. The standard InChI is InChI=1S/C31H24ClFN4O2/c32-20-3-1-18-13-31(8-9-31)14-25(38)28-19(27(18)29(20)33)12-26(39)37-23(28)5-6-24(37)30-35-15-22(36-30)16-2-4-21-17(11-16)7-10-34-21/h1-4,7,10-12,15,24,34H,5-6,8-9,13-14H2,(H,35,36)/t24-/m1/s1. The summed E-state index contributed by atoms with van der Waals surface area (Å²) in [5, 5.41) is 1.10. The molecule has 8 heteroatoms. The minimum atomic E-state index is -0.560. The summed E-state index contributed by atoms with van der Waals surface area (Å²) in [4.78, 5) is 38.8. The van der Waals surface area contributed by atoms with Crippen molar-refractivity contribution in [1.82, 2.24) is 19.5 Å². The number of benzene rings is 2. The van der Waals surface area contributed by atoms with E-state index in [1.807, 2.05) is 30.5 Å². The van der Waals surface area contributed by atoms with E-state index in [9.17, 15) is 9.59 Å². The Kier molecular flexibility index (Phi) is 4.72. The molecule has 194 valence electrons. The van der Waals surface area contributed by atoms with Crippen LogP contribution < -0.4 is 5.56 Å². The molecule has 1 aliphatic heterocycles. The molecule has 5 aromatic rings. The molecule has 0 unspecified atom stereocenters. The minimum Gasteiger partial charge on any atom is -0.361 e. The lowest BCUT2D eigenvalue weighted by molar-refractivity contribution is 0.0953. The summed E-state index contributed by atoms with van der Waals surface area (Å²) in [5.74, 6) is 0.0956. The largest absolute Gasteiger partial charge is 0.361 e. The van der Waals surface area contributed by atoms with Crippen LogP contribution in [0.1, 0.15) is 59.2 Å². The van der Waals surface area contributed by atoms with Crippen molar-refractivity contribution in [2.45, 2.75) is 44.6 Å². The van der Waals surface area contributed by atoms with Crippen molar-refractivity contribution in [3.63, 3.8) is 0 Å². The normalized spacial score (nSPS) is 19.0. The van der Waals surface area contributed by atoms with Crippen molar-refractivity contribution >= 4 is 28.3 Å². The van der Waals surface area contributed by atoms with Crippen LogP contribution in [-0.4, -0.2) is 25.3 Å². The monoisotopic (exact) mass is 538 g/mol. The topological polar surface area (TPSA) is 83.5 Å². The van der Waals surface area contributed by atoms with Crippen LogP contribution in [-0.2, 0) is 12.8 Å². The SMILES string of the molecule is O=C1CC2(CC2)Cc2ccc(Cl)c(F)c2-c2cc(=O)n3c(c21)CC[C@@H]3c1ncc(-c2ccc3[nH]ccc3c2)[nH]1. The first-order chi connectivity index (χ1) is 18.9. The molecule has 39 heavy (non-hydrogen) atoms. The van der Waals surface area contributed by atoms with Crippen molar-refractivity contribution in [1.29, 1.82) is 0 Å². The molecule has 0 saturated heterocycles. The Labute approximate surface area is 227 Å². The van der Waals surface area contributed by atoms with Crippen LogP contribution in [0.2, 0.25) is 5.02 Å². The Balaban J connectivity index is 1.27. The fourth-order valence-corrected chi connectivity index (χ4v) is 6.92. The highest BCUT2D eigenvalue weighted by atomic mass is 35.5. The van der Waals surface area contributed by atoms with Crippen LogP contribution in [0, 0.1) is 11.2 Å². The fourth-order valence-electron chi connectivity index (χ4n) is 6.76. The number of halogens is 2. The number of imidazole rings is 1. The van der Waals surface area contributed by atoms with Gasteiger partial charge in [0.05, 0.1) is 23.0 Å². The number of aromatic nitrogens is 4. The van der Waals surface area contributed by atoms with Crippen LogP contribution >= 0.6 is 11.6 Å². The molecule has 1 saturated carbocycles. The Morgan fingerprint density at radius 3 is 2.77 bits per heavy atom. The number of ketones is 1. The summed E-state index contributed by atoms with van der Waals surface area (Å²) in [6, 6.07) is 12.7. The number of hydrogen-bond acceptors (Lipinski definition) is 3. The third-order valence-corrected chi connectivity index (χ3v) is 9.17. The Hall–Kier alpha value is -3.97. The predicted octanol–water partition coefficient (Wildman–Crippen LogP) is 6.62. The Bertz CT molecular complexity index is 1910. The van der Waals surface area contributed by atoms with Crippen molar-refractivity contribution in [3.8, 4) is 22.4 Å². The molecular formula is C31H24ClFN4O2. The third kappa shape index (κ3) is 3.42. The second-order valence-corrected chi connectivity index (χ2v) is 11.7. The van der Waals surface area contributed by atoms with Crippen LogP contribution in [0.5, 0.6) is 0 Å². The predicted molar refractivity (Wildman–Crippen MR) is 148 cm³/mol. The van der Waals surface area contributed by atoms with E-state index in [2.05, 4.69) is 21.0 Å². The van der Waals surface area contributed by atoms with Gasteiger partial charge in [0.2, 0.25) is 0 Å². The van der Waals surface area contributed by atoms with E-state index in [-0.39, 0.29) is 27.8 Å². The molecule has 0 bridgehead atoms. The van der Waals surface area contributed by atoms with Crippen molar-refractivity contribution in [2.24, 2.45) is 5.41 Å². The number of Topliss-reactive ketones (excluding diaryl/α,β-unsaturated/α-hetero) is 1. The first-order valence-corrected chi connectivity index (χ1v) is 13.7. The number of nitrogens with zero attached hydrogens (tertiary/aromatic N) is 2. The molecule has 3 aliphatic rings. The quantitative estimate of drug-likeness (QED) is 0.265. The van der Waals surface area contributed by atoms with Gasteiger partial charge in [0.25, 0.3) is 5.56 Å². The summed E-state index contributed by atoms with van der Waals surface area (Å²) in [5.41, 5.74) is 5.15. The van der Waals surface area contributed by atoms with Crippen LogP contribution in [0.25, 0.3) is 33.3 Å². The fraction of sp³-hybridized carbons (Fsp3) is 0.258. The van der Waals surface area contributed by atoms with Gasteiger partial charge in [-0.25, -0.2) is 9.37 Å². The summed E-state index contributed by atoms with van der Waals surface area (Å²) in [7, 11) is 0. The molecule has 2 aromatic carbocycles. The van der Waals surface area contributed by atoms with E-state index in [0.29, 0.717) is 53.9 Å². The highest BCUT2D eigenvalue weighted by Gasteiger charge is 2.47. The van der Waals surface area contributed by atoms with Gasteiger partial charge in [0.1, 0.15) is 11.6 Å². The van der Waals surface area contributed by atoms with Gasteiger partial charge in [-0.3, -0.25) is 9.59 Å². The average Bonchev–Trinajstić information content (AvgIpc) is 3.31. The number of carbonyl (C=O) groups is 1. The summed E-state index contributed by atoms with van der Waals surface area (Å²) in [6.07, 6.45) is 7.76. The maximum Gasteiger partial charge on any atom is 0.252 e. The van der Waals surface area contributed by atoms with Gasteiger partial charge in [-0.1, -0.05) is 23.7 Å². The third-order valence-electron chi connectivity index (χ3n) is 8.88. The zero-order valence-electron chi connectivity index (χ0n) is 21.0. The Morgan fingerprint density at radius 1 is 1.05 bits per heavy atom. The molecule has 0 radical (unpaired) electrons. The summed E-state index contributed by atoms with van der Waals surface area (Å²) >= 11 is 6.21. The van der Waals surface area contributed by atoms with E-state index < -0.39 is 5.82 Å². The lowest BCUT2D eigenvalue weighted by Gasteiger charge is -2.25. The highest BCUT2D eigenvalue weighted by Crippen LogP contribution is 2.55. The molecule has 3 aromatic heterocycles. The van der Waals surface area contributed by atoms with Gasteiger partial charge in [0, 0.05) is 57.5 Å². The van der Waals surface area contributed by atoms with E-state index >= 15 is 4.39 Å². The van der Waals surface area contributed by atoms with Crippen LogP contribution in [0.15, 0.2) is 59.7 Å². The number of rotatable bonds is 2. The minimum absolute atomic E-state index is 0.00279. The zero-order chi connectivity index (χ0) is 26.5. The number of nitrogens with one attached hydrogen (secondary N) is 2. The molecular weight excluding hydrogens is 515 g/mol. The average molecular weight is 539 g/mol. The Morgan fingerprint density at radius 2 is 1.92 bits per heavy atom. The second-order valence-electron chi connectivity index (χ2n) is 11.3. The van der Waals surface area contributed by atoms with Crippen molar-refractivity contribution < 1.29 is 9.18 Å². The maximum atomic E-state index is 15.6. The van der Waals surface area contributed by atoms with E-state index in [4.69, 9.17) is 11.6 Å². The molecule has 1 spiro atoms. The number of hydrogen-bond donors (Lipinski definition) is 2. The van der Waals surface area contributed by atoms with Crippen molar-refractivity contribution in [2.75, 3.05) is 0 Å². The first-order valence-electron chi connectivity index (χ1n) is 13.3. The van der Waals surface area contributed by atoms with Crippen LogP contribution in [0.4, 0.5) is 4.39 Å². The molecule has 2 aliphatic carbocycles. The van der Waals surface area contributed by atoms with E-state index in [1.54, 1.807) is 16.8 Å². The van der Waals surface area contributed by atoms with Gasteiger partial charge in [-0.15, -0.1) is 0 Å². The molecule has 2 N–H and O–H groups in total. The highest BCUT2D eigenvalue weighted by molar-refractivity contribution is 6.31. The zero-order valence-corrected chi connectivity index (χ0v) is 21.7. The number of fused-ring (bicyclic) bond motifs is 6. The maximum absolute atomic E-state index is 15.6. The van der Waals surface area contributed by atoms with E-state index in [0.717, 1.165) is 40.6 Å². The molecule has 6 nitrogen and oxygen atoms in total. The van der Waals surface area contributed by atoms with E-state index in [1.165, 1.54) is 6.07 Å². The van der Waals surface area contributed by atoms with Crippen molar-refractivity contribution in [3.05, 3.63) is 98.7 Å². The summed E-state index contributed by atoms with van der Waals surface area (Å²) in [6.45, 7) is 0. The number of carbonyl (C=O) groups excluding carboxylic acids is 1. The van der Waals surface area contributed by atoms with Gasteiger partial charge in [-0.05, 0) is 67.3 Å². The van der Waals surface area contributed by atoms with Gasteiger partial charge in [-0.2, -0.15) is 0 Å². The number of H-pyrrole nitrogens is 2. The van der Waals surface area contributed by atoms with Gasteiger partial charge < -0.3 is 14.5 Å².